The number of halogens is 2. The van der Waals surface area contributed by atoms with Gasteiger partial charge in [-0.25, -0.2) is 4.39 Å². The monoisotopic (exact) mass is 349 g/mol. The normalized spacial score (nSPS) is 15.2. The van der Waals surface area contributed by atoms with E-state index in [1.165, 1.54) is 11.6 Å². The van der Waals surface area contributed by atoms with Gasteiger partial charge in [-0.3, -0.25) is 0 Å². The van der Waals surface area contributed by atoms with Crippen molar-refractivity contribution in [3.8, 4) is 5.75 Å². The van der Waals surface area contributed by atoms with Gasteiger partial charge >= 0.3 is 0 Å². The molecule has 3 rings (SSSR count). The lowest BCUT2D eigenvalue weighted by molar-refractivity contribution is 0.288. The molecule has 2 aromatic rings. The second kappa shape index (κ2) is 6.16. The summed E-state index contributed by atoms with van der Waals surface area (Å²) in [6.07, 6.45) is 2.08. The molecule has 1 unspecified atom stereocenters. The van der Waals surface area contributed by atoms with Crippen LogP contribution in [0.5, 0.6) is 5.75 Å². The van der Waals surface area contributed by atoms with Crippen molar-refractivity contribution in [3.63, 3.8) is 0 Å². The average molecular weight is 350 g/mol. The molecule has 2 aromatic carbocycles. The van der Waals surface area contributed by atoms with E-state index in [1.54, 1.807) is 6.07 Å². The maximum Gasteiger partial charge on any atom is 0.124 e. The van der Waals surface area contributed by atoms with Crippen LogP contribution in [-0.2, 0) is 6.42 Å². The summed E-state index contributed by atoms with van der Waals surface area (Å²) in [6.45, 7) is 0.790. The van der Waals surface area contributed by atoms with Gasteiger partial charge in [0.05, 0.1) is 12.6 Å². The highest BCUT2D eigenvalue weighted by atomic mass is 79.9. The summed E-state index contributed by atoms with van der Waals surface area (Å²) in [6, 6.07) is 11.2. The van der Waals surface area contributed by atoms with Gasteiger partial charge in [-0.05, 0) is 60.8 Å². The summed E-state index contributed by atoms with van der Waals surface area (Å²) in [7, 11) is 1.89. The Hall–Kier alpha value is -1.39. The van der Waals surface area contributed by atoms with Crippen LogP contribution in [0.2, 0.25) is 0 Å². The zero-order valence-corrected chi connectivity index (χ0v) is 13.4. The second-order valence-electron chi connectivity index (χ2n) is 5.24. The summed E-state index contributed by atoms with van der Waals surface area (Å²) in [4.78, 5) is 0. The Labute approximate surface area is 132 Å². The fourth-order valence-electron chi connectivity index (χ4n) is 2.83. The Morgan fingerprint density at radius 1 is 1.19 bits per heavy atom. The Morgan fingerprint density at radius 2 is 2.05 bits per heavy atom. The quantitative estimate of drug-likeness (QED) is 0.895. The van der Waals surface area contributed by atoms with E-state index in [1.807, 2.05) is 25.2 Å². The fraction of sp³-hybridized carbons (Fsp3) is 0.294. The van der Waals surface area contributed by atoms with E-state index in [0.717, 1.165) is 40.8 Å². The smallest absolute Gasteiger partial charge is 0.124 e. The molecule has 110 valence electrons. The standard InChI is InChI=1S/C17H17BrFNO/c1-20-17(13-8-14(18)10-15(19)9-13)12-4-5-16-11(7-12)3-2-6-21-16/h4-5,7-10,17,20H,2-3,6H2,1H3. The molecule has 0 saturated carbocycles. The molecule has 0 spiro atoms. The van der Waals surface area contributed by atoms with Crippen molar-refractivity contribution < 1.29 is 9.13 Å². The molecule has 0 aliphatic carbocycles. The van der Waals surface area contributed by atoms with Gasteiger partial charge in [0, 0.05) is 4.47 Å². The first-order valence-electron chi connectivity index (χ1n) is 7.06. The fourth-order valence-corrected chi connectivity index (χ4v) is 3.31. The van der Waals surface area contributed by atoms with Crippen molar-refractivity contribution in [1.29, 1.82) is 0 Å². The first kappa shape index (κ1) is 14.5. The highest BCUT2D eigenvalue weighted by molar-refractivity contribution is 9.10. The number of benzene rings is 2. The molecule has 0 bridgehead atoms. The third-order valence-electron chi connectivity index (χ3n) is 3.77. The van der Waals surface area contributed by atoms with Crippen molar-refractivity contribution >= 4 is 15.9 Å². The van der Waals surface area contributed by atoms with E-state index in [9.17, 15) is 4.39 Å². The van der Waals surface area contributed by atoms with Crippen LogP contribution in [0.3, 0.4) is 0 Å². The second-order valence-corrected chi connectivity index (χ2v) is 6.16. The Kier molecular flexibility index (Phi) is 4.27. The van der Waals surface area contributed by atoms with Crippen LogP contribution >= 0.6 is 15.9 Å². The van der Waals surface area contributed by atoms with Gasteiger partial charge in [0.15, 0.2) is 0 Å². The highest BCUT2D eigenvalue weighted by Crippen LogP contribution is 2.31. The van der Waals surface area contributed by atoms with Gasteiger partial charge in [-0.2, -0.15) is 0 Å². The lowest BCUT2D eigenvalue weighted by Crippen LogP contribution is -2.19. The van der Waals surface area contributed by atoms with Crippen LogP contribution in [0.4, 0.5) is 4.39 Å². The third-order valence-corrected chi connectivity index (χ3v) is 4.23. The summed E-state index contributed by atoms with van der Waals surface area (Å²) in [5.41, 5.74) is 3.26. The predicted molar refractivity (Wildman–Crippen MR) is 85.3 cm³/mol. The maximum atomic E-state index is 13.6. The summed E-state index contributed by atoms with van der Waals surface area (Å²) >= 11 is 3.36. The molecular weight excluding hydrogens is 333 g/mol. The number of aryl methyl sites for hydroxylation is 1. The van der Waals surface area contributed by atoms with Gasteiger partial charge in [-0.1, -0.05) is 28.1 Å². The predicted octanol–water partition coefficient (Wildman–Crippen LogP) is 4.22. The van der Waals surface area contributed by atoms with E-state index in [0.29, 0.717) is 0 Å². The molecule has 1 N–H and O–H groups in total. The van der Waals surface area contributed by atoms with Crippen molar-refractivity contribution in [2.75, 3.05) is 13.7 Å². The zero-order chi connectivity index (χ0) is 14.8. The topological polar surface area (TPSA) is 21.3 Å². The van der Waals surface area contributed by atoms with Crippen molar-refractivity contribution in [1.82, 2.24) is 5.32 Å². The van der Waals surface area contributed by atoms with E-state index >= 15 is 0 Å². The number of hydrogen-bond donors (Lipinski definition) is 1. The van der Waals surface area contributed by atoms with E-state index in [-0.39, 0.29) is 11.9 Å². The minimum absolute atomic E-state index is 0.0378. The molecule has 21 heavy (non-hydrogen) atoms. The van der Waals surface area contributed by atoms with Crippen molar-refractivity contribution in [2.24, 2.45) is 0 Å². The van der Waals surface area contributed by atoms with Gasteiger partial charge in [0.1, 0.15) is 11.6 Å². The minimum atomic E-state index is -0.235. The largest absolute Gasteiger partial charge is 0.493 e. The molecule has 0 fully saturated rings. The maximum absolute atomic E-state index is 13.6. The van der Waals surface area contributed by atoms with Gasteiger partial charge in [0.2, 0.25) is 0 Å². The van der Waals surface area contributed by atoms with Gasteiger partial charge < -0.3 is 10.1 Å². The Bertz CT molecular complexity index is 639. The molecule has 1 aliphatic heterocycles. The van der Waals surface area contributed by atoms with E-state index < -0.39 is 0 Å². The third kappa shape index (κ3) is 3.11. The van der Waals surface area contributed by atoms with Gasteiger partial charge in [0.25, 0.3) is 0 Å². The molecule has 2 nitrogen and oxygen atoms in total. The summed E-state index contributed by atoms with van der Waals surface area (Å²) in [5, 5.41) is 3.27. The van der Waals surface area contributed by atoms with Crippen LogP contribution in [-0.4, -0.2) is 13.7 Å². The molecule has 0 saturated heterocycles. The number of ether oxygens (including phenoxy) is 1. The zero-order valence-electron chi connectivity index (χ0n) is 11.8. The molecule has 1 atom stereocenters. The first-order chi connectivity index (χ1) is 10.2. The van der Waals surface area contributed by atoms with Gasteiger partial charge in [-0.15, -0.1) is 0 Å². The van der Waals surface area contributed by atoms with E-state index in [4.69, 9.17) is 4.74 Å². The molecular formula is C17H17BrFNO. The minimum Gasteiger partial charge on any atom is -0.493 e. The molecule has 4 heteroatoms. The first-order valence-corrected chi connectivity index (χ1v) is 7.85. The highest BCUT2D eigenvalue weighted by Gasteiger charge is 2.17. The number of nitrogens with one attached hydrogen (secondary N) is 1. The van der Waals surface area contributed by atoms with Crippen molar-refractivity contribution in [2.45, 2.75) is 18.9 Å². The lowest BCUT2D eigenvalue weighted by Gasteiger charge is -2.22. The van der Waals surface area contributed by atoms with Crippen LogP contribution in [0, 0.1) is 5.82 Å². The Balaban J connectivity index is 1.99. The summed E-state index contributed by atoms with van der Waals surface area (Å²) < 4.78 is 20.0. The number of rotatable bonds is 3. The van der Waals surface area contributed by atoms with Crippen LogP contribution in [0.1, 0.15) is 29.2 Å². The Morgan fingerprint density at radius 3 is 2.81 bits per heavy atom. The molecule has 1 aliphatic rings. The summed E-state index contributed by atoms with van der Waals surface area (Å²) in [5.74, 6) is 0.737. The molecule has 0 amide bonds. The van der Waals surface area contributed by atoms with Crippen molar-refractivity contribution in [3.05, 3.63) is 63.4 Å². The van der Waals surface area contributed by atoms with Crippen LogP contribution in [0.15, 0.2) is 40.9 Å². The molecule has 0 aromatic heterocycles. The van der Waals surface area contributed by atoms with Crippen LogP contribution < -0.4 is 10.1 Å². The average Bonchev–Trinajstić information content (AvgIpc) is 2.47. The lowest BCUT2D eigenvalue weighted by atomic mass is 9.95. The number of fused-ring (bicyclic) bond motifs is 1. The molecule has 1 heterocycles. The SMILES string of the molecule is CNC(c1cc(F)cc(Br)c1)c1ccc2c(c1)CCCO2. The number of hydrogen-bond acceptors (Lipinski definition) is 2. The van der Waals surface area contributed by atoms with Crippen LogP contribution in [0.25, 0.3) is 0 Å². The molecule has 0 radical (unpaired) electrons. The van der Waals surface area contributed by atoms with E-state index in [2.05, 4.69) is 27.3 Å².